The van der Waals surface area contributed by atoms with Gasteiger partial charge in [0.2, 0.25) is 5.95 Å². The van der Waals surface area contributed by atoms with Gasteiger partial charge in [-0.15, -0.1) is 0 Å². The number of rotatable bonds is 8. The van der Waals surface area contributed by atoms with Crippen LogP contribution in [0.3, 0.4) is 0 Å². The summed E-state index contributed by atoms with van der Waals surface area (Å²) in [5.41, 5.74) is -0.116. The van der Waals surface area contributed by atoms with Crippen molar-refractivity contribution in [2.45, 2.75) is 44.6 Å². The van der Waals surface area contributed by atoms with Gasteiger partial charge < -0.3 is 19.5 Å². The van der Waals surface area contributed by atoms with Gasteiger partial charge in [0.1, 0.15) is 12.4 Å². The molecule has 0 bridgehead atoms. The quantitative estimate of drug-likeness (QED) is 0.239. The Morgan fingerprint density at radius 3 is 2.47 bits per heavy atom. The SMILES string of the molecule is CC(=O)O[C@@H]1[C@H](OC(C)=O)[C@@H](CSCCNC(=O)C(F)(F)F)O[C@H]1n1cnc2c(F)ncnc21. The van der Waals surface area contributed by atoms with Crippen molar-refractivity contribution in [2.24, 2.45) is 0 Å². The molecular formula is C18H19F4N5O6S. The zero-order valence-corrected chi connectivity index (χ0v) is 18.6. The van der Waals surface area contributed by atoms with Gasteiger partial charge in [0.05, 0.1) is 6.33 Å². The number of nitrogens with zero attached hydrogens (tertiary/aromatic N) is 4. The zero-order chi connectivity index (χ0) is 25.0. The monoisotopic (exact) mass is 509 g/mol. The molecule has 34 heavy (non-hydrogen) atoms. The molecule has 1 N–H and O–H groups in total. The van der Waals surface area contributed by atoms with E-state index in [1.54, 1.807) is 5.32 Å². The Morgan fingerprint density at radius 1 is 1.15 bits per heavy atom. The van der Waals surface area contributed by atoms with Crippen molar-refractivity contribution in [3.8, 4) is 0 Å². The molecule has 186 valence electrons. The smallest absolute Gasteiger partial charge is 0.456 e. The van der Waals surface area contributed by atoms with Crippen molar-refractivity contribution in [3.05, 3.63) is 18.6 Å². The van der Waals surface area contributed by atoms with Crippen LogP contribution in [0.25, 0.3) is 11.2 Å². The molecule has 1 aliphatic rings. The topological polar surface area (TPSA) is 135 Å². The molecule has 0 aromatic carbocycles. The molecule has 0 radical (unpaired) electrons. The van der Waals surface area contributed by atoms with Gasteiger partial charge in [0.25, 0.3) is 0 Å². The number of carbonyl (C=O) groups excluding carboxylic acids is 3. The lowest BCUT2D eigenvalue weighted by atomic mass is 10.1. The third-order valence-corrected chi connectivity index (χ3v) is 5.61. The third-order valence-electron chi connectivity index (χ3n) is 4.55. The fourth-order valence-corrected chi connectivity index (χ4v) is 4.18. The lowest BCUT2D eigenvalue weighted by molar-refractivity contribution is -0.173. The maximum Gasteiger partial charge on any atom is 0.471 e. The standard InChI is InChI=1S/C18H19F4N5O6S/c1-8(28)31-12-10(5-34-4-3-23-17(30)18(20,21)22)33-16(13(12)32-9(2)29)27-7-26-11-14(19)24-6-25-15(11)27/h6-7,10,12-13,16H,3-5H2,1-2H3,(H,23,30)/t10-,12-,13-,16-/m1/s1. The Hall–Kier alpha value is -3.01. The van der Waals surface area contributed by atoms with Crippen molar-refractivity contribution in [2.75, 3.05) is 18.1 Å². The van der Waals surface area contributed by atoms with E-state index in [1.165, 1.54) is 10.9 Å². The summed E-state index contributed by atoms with van der Waals surface area (Å²) >= 11 is 1.11. The van der Waals surface area contributed by atoms with Gasteiger partial charge in [-0.2, -0.15) is 29.3 Å². The minimum absolute atomic E-state index is 0.0411. The van der Waals surface area contributed by atoms with E-state index in [4.69, 9.17) is 14.2 Å². The second kappa shape index (κ2) is 10.5. The van der Waals surface area contributed by atoms with E-state index in [2.05, 4.69) is 15.0 Å². The van der Waals surface area contributed by atoms with Gasteiger partial charge in [0, 0.05) is 31.9 Å². The van der Waals surface area contributed by atoms with Crippen molar-refractivity contribution in [1.29, 1.82) is 0 Å². The van der Waals surface area contributed by atoms with E-state index < -0.39 is 54.5 Å². The molecule has 1 saturated heterocycles. The van der Waals surface area contributed by atoms with Crippen LogP contribution in [0, 0.1) is 5.95 Å². The first-order valence-corrected chi connectivity index (χ1v) is 10.9. The molecule has 4 atom stereocenters. The highest BCUT2D eigenvalue weighted by Crippen LogP contribution is 2.37. The maximum atomic E-state index is 14.0. The first kappa shape index (κ1) is 25.6. The summed E-state index contributed by atoms with van der Waals surface area (Å²) in [6, 6.07) is 0. The molecule has 0 unspecified atom stereocenters. The number of thioether (sulfide) groups is 1. The van der Waals surface area contributed by atoms with Gasteiger partial charge in [-0.05, 0) is 0 Å². The molecule has 3 rings (SSSR count). The average molecular weight is 509 g/mol. The Kier molecular flexibility index (Phi) is 7.91. The molecule has 16 heteroatoms. The van der Waals surface area contributed by atoms with Gasteiger partial charge in [-0.25, -0.2) is 15.0 Å². The number of hydrogen-bond acceptors (Lipinski definition) is 10. The van der Waals surface area contributed by atoms with Crippen molar-refractivity contribution < 1.29 is 46.2 Å². The predicted octanol–water partition coefficient (Wildman–Crippen LogP) is 1.14. The summed E-state index contributed by atoms with van der Waals surface area (Å²) in [4.78, 5) is 45.6. The van der Waals surface area contributed by atoms with E-state index in [0.29, 0.717) is 0 Å². The average Bonchev–Trinajstić information content (AvgIpc) is 3.29. The predicted molar refractivity (Wildman–Crippen MR) is 107 cm³/mol. The number of ether oxygens (including phenoxy) is 3. The lowest BCUT2D eigenvalue weighted by Crippen LogP contribution is -2.40. The van der Waals surface area contributed by atoms with Gasteiger partial charge in [-0.3, -0.25) is 19.0 Å². The van der Waals surface area contributed by atoms with E-state index in [-0.39, 0.29) is 29.2 Å². The molecule has 1 amide bonds. The van der Waals surface area contributed by atoms with Crippen LogP contribution in [-0.2, 0) is 28.6 Å². The molecular weight excluding hydrogens is 490 g/mol. The number of fused-ring (bicyclic) bond motifs is 1. The molecule has 3 heterocycles. The van der Waals surface area contributed by atoms with E-state index in [1.807, 2.05) is 0 Å². The molecule has 11 nitrogen and oxygen atoms in total. The number of imidazole rings is 1. The number of nitrogens with one attached hydrogen (secondary N) is 1. The van der Waals surface area contributed by atoms with Gasteiger partial charge in [0.15, 0.2) is 29.6 Å². The van der Waals surface area contributed by atoms with Gasteiger partial charge in [-0.1, -0.05) is 0 Å². The first-order valence-electron chi connectivity index (χ1n) is 9.74. The van der Waals surface area contributed by atoms with Crippen LogP contribution in [0.5, 0.6) is 0 Å². The molecule has 2 aromatic rings. The summed E-state index contributed by atoms with van der Waals surface area (Å²) in [5, 5.41) is 1.74. The molecule has 1 fully saturated rings. The Morgan fingerprint density at radius 2 is 1.82 bits per heavy atom. The molecule has 0 aliphatic carbocycles. The van der Waals surface area contributed by atoms with Crippen molar-refractivity contribution in [1.82, 2.24) is 24.8 Å². The van der Waals surface area contributed by atoms with E-state index in [9.17, 15) is 31.9 Å². The highest BCUT2D eigenvalue weighted by Gasteiger charge is 2.50. The Bertz CT molecular complexity index is 1070. The molecule has 2 aromatic heterocycles. The van der Waals surface area contributed by atoms with Crippen LogP contribution in [0.2, 0.25) is 0 Å². The highest BCUT2D eigenvalue weighted by atomic mass is 32.2. The number of halogens is 4. The van der Waals surface area contributed by atoms with Crippen LogP contribution >= 0.6 is 11.8 Å². The number of hydrogen-bond donors (Lipinski definition) is 1. The summed E-state index contributed by atoms with van der Waals surface area (Å²) in [7, 11) is 0. The minimum atomic E-state index is -4.99. The van der Waals surface area contributed by atoms with Crippen molar-refractivity contribution in [3.63, 3.8) is 0 Å². The van der Waals surface area contributed by atoms with E-state index >= 15 is 0 Å². The Labute approximate surface area is 193 Å². The van der Waals surface area contributed by atoms with E-state index in [0.717, 1.165) is 31.9 Å². The number of aromatic nitrogens is 4. The summed E-state index contributed by atoms with van der Waals surface area (Å²) < 4.78 is 68.7. The number of amides is 1. The summed E-state index contributed by atoms with van der Waals surface area (Å²) in [6.45, 7) is 2.01. The number of esters is 2. The summed E-state index contributed by atoms with van der Waals surface area (Å²) in [5.74, 6) is -4.14. The second-order valence-electron chi connectivity index (χ2n) is 7.03. The Balaban J connectivity index is 1.77. The largest absolute Gasteiger partial charge is 0.471 e. The second-order valence-corrected chi connectivity index (χ2v) is 8.18. The van der Waals surface area contributed by atoms with Gasteiger partial charge >= 0.3 is 24.0 Å². The minimum Gasteiger partial charge on any atom is -0.456 e. The number of carbonyl (C=O) groups is 3. The fourth-order valence-electron chi connectivity index (χ4n) is 3.26. The molecule has 1 aliphatic heterocycles. The normalized spacial score (nSPS) is 22.5. The van der Waals surface area contributed by atoms with Crippen LogP contribution in [0.4, 0.5) is 17.6 Å². The molecule has 0 saturated carbocycles. The maximum absolute atomic E-state index is 14.0. The first-order chi connectivity index (χ1) is 16.0. The van der Waals surface area contributed by atoms with Crippen LogP contribution in [-0.4, -0.2) is 79.9 Å². The lowest BCUT2D eigenvalue weighted by Gasteiger charge is -2.23. The van der Waals surface area contributed by atoms with Crippen LogP contribution < -0.4 is 5.32 Å². The third kappa shape index (κ3) is 5.91. The zero-order valence-electron chi connectivity index (χ0n) is 17.7. The molecule has 0 spiro atoms. The van der Waals surface area contributed by atoms with Crippen molar-refractivity contribution >= 4 is 40.8 Å². The van der Waals surface area contributed by atoms with Crippen LogP contribution in [0.15, 0.2) is 12.7 Å². The fraction of sp³-hybridized carbons (Fsp3) is 0.556. The summed E-state index contributed by atoms with van der Waals surface area (Å²) in [6.07, 6.45) is -7.04. The highest BCUT2D eigenvalue weighted by molar-refractivity contribution is 7.99. The van der Waals surface area contributed by atoms with Crippen LogP contribution in [0.1, 0.15) is 20.1 Å². The number of alkyl halides is 3.